The molecule has 32 heavy (non-hydrogen) atoms. The van der Waals surface area contributed by atoms with Crippen LogP contribution in [0.25, 0.3) is 5.69 Å². The number of amides is 1. The molecular formula is C22H23F2N3O4S. The summed E-state index contributed by atoms with van der Waals surface area (Å²) in [6, 6.07) is 11.5. The molecule has 7 nitrogen and oxygen atoms in total. The van der Waals surface area contributed by atoms with E-state index in [4.69, 9.17) is 0 Å². The second-order valence-corrected chi connectivity index (χ2v) is 10.2. The average molecular weight is 464 g/mol. The lowest BCUT2D eigenvalue weighted by atomic mass is 9.84. The summed E-state index contributed by atoms with van der Waals surface area (Å²) < 4.78 is 55.9. The summed E-state index contributed by atoms with van der Waals surface area (Å²) in [5.74, 6) is -2.40. The summed E-state index contributed by atoms with van der Waals surface area (Å²) in [6.45, 7) is 5.45. The van der Waals surface area contributed by atoms with Crippen molar-refractivity contribution in [3.63, 3.8) is 0 Å². The van der Waals surface area contributed by atoms with Gasteiger partial charge in [-0.05, 0) is 35.7 Å². The second kappa shape index (κ2) is 8.70. The molecule has 170 valence electrons. The Bertz CT molecular complexity index is 1240. The summed E-state index contributed by atoms with van der Waals surface area (Å²) in [4.78, 5) is 11.2. The van der Waals surface area contributed by atoms with Crippen molar-refractivity contribution in [3.05, 3.63) is 71.9 Å². The van der Waals surface area contributed by atoms with Gasteiger partial charge in [0.15, 0.2) is 16.7 Å². The van der Waals surface area contributed by atoms with E-state index < -0.39 is 39.0 Å². The topological polar surface area (TPSA) is 101 Å². The lowest BCUT2D eigenvalue weighted by Crippen LogP contribution is -2.44. The molecule has 0 aliphatic heterocycles. The molecular weight excluding hydrogens is 440 g/mol. The molecule has 0 radical (unpaired) electrons. The van der Waals surface area contributed by atoms with E-state index in [2.05, 4.69) is 10.4 Å². The first-order valence-electron chi connectivity index (χ1n) is 9.74. The monoisotopic (exact) mass is 463 g/mol. The number of nitrogens with zero attached hydrogens (tertiary/aromatic N) is 2. The zero-order chi connectivity index (χ0) is 23.7. The van der Waals surface area contributed by atoms with Crippen LogP contribution in [0.3, 0.4) is 0 Å². The molecule has 3 aromatic rings. The Balaban J connectivity index is 2.19. The van der Waals surface area contributed by atoms with Gasteiger partial charge in [-0.1, -0.05) is 45.0 Å². The quantitative estimate of drug-likeness (QED) is 0.570. The first kappa shape index (κ1) is 23.4. The third-order valence-electron chi connectivity index (χ3n) is 4.97. The van der Waals surface area contributed by atoms with Crippen LogP contribution in [0.1, 0.15) is 26.5 Å². The lowest BCUT2D eigenvalue weighted by Gasteiger charge is -2.29. The minimum Gasteiger partial charge on any atom is -0.465 e. The van der Waals surface area contributed by atoms with Crippen molar-refractivity contribution in [2.24, 2.45) is 5.41 Å². The third-order valence-corrected chi connectivity index (χ3v) is 6.71. The molecule has 0 aliphatic rings. The van der Waals surface area contributed by atoms with E-state index in [0.29, 0.717) is 0 Å². The van der Waals surface area contributed by atoms with E-state index >= 15 is 0 Å². The molecule has 0 saturated carbocycles. The van der Waals surface area contributed by atoms with Gasteiger partial charge in [-0.25, -0.2) is 26.7 Å². The van der Waals surface area contributed by atoms with Crippen molar-refractivity contribution >= 4 is 15.9 Å². The summed E-state index contributed by atoms with van der Waals surface area (Å²) in [5.41, 5.74) is -0.689. The van der Waals surface area contributed by atoms with E-state index in [1.165, 1.54) is 30.3 Å². The number of halogens is 2. The molecule has 1 unspecified atom stereocenters. The van der Waals surface area contributed by atoms with Gasteiger partial charge >= 0.3 is 6.09 Å². The van der Waals surface area contributed by atoms with Crippen LogP contribution >= 0.6 is 0 Å². The SMILES string of the molecule is CC(C)(C)C(Cc1cc(S(=O)(=O)c2ccccc2)n(-c2cccc(F)c2F)n1)NC(=O)O. The van der Waals surface area contributed by atoms with E-state index in [-0.39, 0.29) is 27.7 Å². The highest BCUT2D eigenvalue weighted by Crippen LogP contribution is 2.28. The maximum absolute atomic E-state index is 14.6. The van der Waals surface area contributed by atoms with E-state index in [1.807, 2.05) is 20.8 Å². The van der Waals surface area contributed by atoms with Crippen molar-refractivity contribution in [2.45, 2.75) is 43.2 Å². The van der Waals surface area contributed by atoms with Gasteiger partial charge in [0.1, 0.15) is 5.69 Å². The van der Waals surface area contributed by atoms with Crippen LogP contribution < -0.4 is 5.32 Å². The van der Waals surface area contributed by atoms with Crippen LogP contribution in [-0.4, -0.2) is 35.4 Å². The summed E-state index contributed by atoms with van der Waals surface area (Å²) in [6.07, 6.45) is -1.20. The molecule has 0 bridgehead atoms. The van der Waals surface area contributed by atoms with E-state index in [1.54, 1.807) is 18.2 Å². The maximum atomic E-state index is 14.6. The molecule has 0 saturated heterocycles. The van der Waals surface area contributed by atoms with Gasteiger partial charge in [0.25, 0.3) is 0 Å². The zero-order valence-electron chi connectivity index (χ0n) is 17.7. The third kappa shape index (κ3) is 4.80. The van der Waals surface area contributed by atoms with Crippen LogP contribution in [0, 0.1) is 17.0 Å². The van der Waals surface area contributed by atoms with E-state index in [9.17, 15) is 27.1 Å². The first-order valence-corrected chi connectivity index (χ1v) is 11.2. The Morgan fingerprint density at radius 1 is 1.12 bits per heavy atom. The molecule has 3 rings (SSSR count). The van der Waals surface area contributed by atoms with Gasteiger partial charge < -0.3 is 10.4 Å². The first-order chi connectivity index (χ1) is 14.9. The molecule has 1 aromatic heterocycles. The fraction of sp³-hybridized carbons (Fsp3) is 0.273. The van der Waals surface area contributed by atoms with Gasteiger partial charge in [-0.15, -0.1) is 0 Å². The largest absolute Gasteiger partial charge is 0.465 e. The second-order valence-electron chi connectivity index (χ2n) is 8.35. The van der Waals surface area contributed by atoms with Gasteiger partial charge in [-0.3, -0.25) is 0 Å². The minimum atomic E-state index is -4.15. The van der Waals surface area contributed by atoms with Crippen molar-refractivity contribution in [1.82, 2.24) is 15.1 Å². The zero-order valence-corrected chi connectivity index (χ0v) is 18.5. The minimum absolute atomic E-state index is 0.0387. The molecule has 1 atom stereocenters. The molecule has 2 aromatic carbocycles. The normalized spacial score (nSPS) is 13.0. The average Bonchev–Trinajstić information content (AvgIpc) is 3.14. The highest BCUT2D eigenvalue weighted by molar-refractivity contribution is 7.91. The number of hydrogen-bond donors (Lipinski definition) is 2. The molecule has 0 spiro atoms. The van der Waals surface area contributed by atoms with Crippen molar-refractivity contribution in [3.8, 4) is 5.69 Å². The van der Waals surface area contributed by atoms with Crippen LogP contribution in [0.4, 0.5) is 13.6 Å². The number of sulfone groups is 1. The smallest absolute Gasteiger partial charge is 0.404 e. The number of benzene rings is 2. The van der Waals surface area contributed by atoms with Gasteiger partial charge in [0.05, 0.1) is 10.6 Å². The summed E-state index contributed by atoms with van der Waals surface area (Å²) in [7, 11) is -4.15. The number of nitrogens with one attached hydrogen (secondary N) is 1. The van der Waals surface area contributed by atoms with Crippen LogP contribution in [-0.2, 0) is 16.3 Å². The van der Waals surface area contributed by atoms with Crippen molar-refractivity contribution in [1.29, 1.82) is 0 Å². The Hall–Kier alpha value is -3.27. The molecule has 1 amide bonds. The standard InChI is InChI=1S/C22H23F2N3O4S/c1-22(2,3)18(25-21(28)29)12-14-13-19(32(30,31)15-8-5-4-6-9-15)27(26-14)17-11-7-10-16(23)20(17)24/h4-11,13,18,25H,12H2,1-3H3,(H,28,29). The van der Waals surface area contributed by atoms with Crippen LogP contribution in [0.2, 0.25) is 0 Å². The molecule has 0 fully saturated rings. The highest BCUT2D eigenvalue weighted by Gasteiger charge is 2.31. The number of carboxylic acid groups (broad SMARTS) is 1. The Morgan fingerprint density at radius 2 is 1.78 bits per heavy atom. The number of hydrogen-bond acceptors (Lipinski definition) is 4. The van der Waals surface area contributed by atoms with Crippen molar-refractivity contribution in [2.75, 3.05) is 0 Å². The van der Waals surface area contributed by atoms with Gasteiger partial charge in [-0.2, -0.15) is 5.10 Å². The predicted molar refractivity (Wildman–Crippen MR) is 113 cm³/mol. The van der Waals surface area contributed by atoms with E-state index in [0.717, 1.165) is 10.7 Å². The summed E-state index contributed by atoms with van der Waals surface area (Å²) in [5, 5.41) is 15.5. The van der Waals surface area contributed by atoms with Gasteiger partial charge in [0, 0.05) is 12.5 Å². The molecule has 2 N–H and O–H groups in total. The molecule has 1 heterocycles. The number of carbonyl (C=O) groups is 1. The Morgan fingerprint density at radius 3 is 2.38 bits per heavy atom. The molecule has 10 heteroatoms. The summed E-state index contributed by atoms with van der Waals surface area (Å²) >= 11 is 0. The Kier molecular flexibility index (Phi) is 6.36. The van der Waals surface area contributed by atoms with Gasteiger partial charge in [0.2, 0.25) is 9.84 Å². The number of aromatic nitrogens is 2. The van der Waals surface area contributed by atoms with Crippen LogP contribution in [0.15, 0.2) is 64.5 Å². The number of rotatable bonds is 6. The highest BCUT2D eigenvalue weighted by atomic mass is 32.2. The van der Waals surface area contributed by atoms with Crippen molar-refractivity contribution < 1.29 is 27.1 Å². The maximum Gasteiger partial charge on any atom is 0.404 e. The Labute approximate surface area is 184 Å². The predicted octanol–water partition coefficient (Wildman–Crippen LogP) is 4.21. The molecule has 0 aliphatic carbocycles. The fourth-order valence-electron chi connectivity index (χ4n) is 3.18. The lowest BCUT2D eigenvalue weighted by molar-refractivity contribution is 0.174. The van der Waals surface area contributed by atoms with Crippen LogP contribution in [0.5, 0.6) is 0 Å². The fourth-order valence-corrected chi connectivity index (χ4v) is 4.60.